The Morgan fingerprint density at radius 3 is 2.29 bits per heavy atom. The minimum Gasteiger partial charge on any atom is -0.462 e. The van der Waals surface area contributed by atoms with Gasteiger partial charge in [-0.05, 0) is 89.1 Å². The molecule has 2 atom stereocenters. The van der Waals surface area contributed by atoms with Crippen LogP contribution in [0, 0.1) is 11.8 Å². The summed E-state index contributed by atoms with van der Waals surface area (Å²) >= 11 is 1.38. The van der Waals surface area contributed by atoms with Gasteiger partial charge in [0.1, 0.15) is 5.00 Å². The molecule has 0 saturated carbocycles. The molecule has 208 valence electrons. The third-order valence-electron chi connectivity index (χ3n) is 7.14. The van der Waals surface area contributed by atoms with Crippen LogP contribution in [0.5, 0.6) is 0 Å². The highest BCUT2D eigenvalue weighted by atomic mass is 32.2. The van der Waals surface area contributed by atoms with Crippen LogP contribution < -0.4 is 10.6 Å². The number of carbonyl (C=O) groups is 2. The summed E-state index contributed by atoms with van der Waals surface area (Å²) in [4.78, 5) is 27.5. The van der Waals surface area contributed by atoms with Crippen LogP contribution in [0.1, 0.15) is 86.0 Å². The number of esters is 1. The lowest BCUT2D eigenvalue weighted by Gasteiger charge is -2.42. The van der Waals surface area contributed by atoms with Crippen LogP contribution in [-0.2, 0) is 26.7 Å². The zero-order valence-corrected chi connectivity index (χ0v) is 24.9. The molecule has 1 fully saturated rings. The van der Waals surface area contributed by atoms with E-state index in [0.717, 1.165) is 16.9 Å². The Morgan fingerprint density at radius 2 is 1.71 bits per heavy atom. The summed E-state index contributed by atoms with van der Waals surface area (Å²) < 4.78 is 33.4. The summed E-state index contributed by atoms with van der Waals surface area (Å²) in [5, 5.41) is 6.98. The molecule has 0 radical (unpaired) electrons. The van der Waals surface area contributed by atoms with Crippen LogP contribution in [0.15, 0.2) is 29.2 Å². The third-order valence-corrected chi connectivity index (χ3v) is 10.5. The number of nitrogens with one attached hydrogen (secondary N) is 2. The Kier molecular flexibility index (Phi) is 7.84. The van der Waals surface area contributed by atoms with Crippen molar-refractivity contribution in [3.63, 3.8) is 0 Å². The van der Waals surface area contributed by atoms with Crippen molar-refractivity contribution in [2.45, 2.75) is 77.3 Å². The number of anilines is 1. The van der Waals surface area contributed by atoms with E-state index in [0.29, 0.717) is 47.5 Å². The third kappa shape index (κ3) is 5.68. The minimum atomic E-state index is -3.64. The number of rotatable bonds is 6. The van der Waals surface area contributed by atoms with Crippen molar-refractivity contribution in [3.8, 4) is 0 Å². The van der Waals surface area contributed by atoms with Crippen LogP contribution in [0.25, 0.3) is 0 Å². The molecule has 1 saturated heterocycles. The van der Waals surface area contributed by atoms with E-state index in [1.165, 1.54) is 35.6 Å². The number of carbonyl (C=O) groups excluding carboxylic acids is 2. The Balaban J connectivity index is 1.61. The van der Waals surface area contributed by atoms with Gasteiger partial charge in [0, 0.05) is 34.6 Å². The molecule has 0 aliphatic carbocycles. The fourth-order valence-electron chi connectivity index (χ4n) is 5.94. The lowest BCUT2D eigenvalue weighted by Crippen LogP contribution is -2.55. The molecule has 2 N–H and O–H groups in total. The van der Waals surface area contributed by atoms with Gasteiger partial charge in [0.15, 0.2) is 0 Å². The Morgan fingerprint density at radius 1 is 1.11 bits per heavy atom. The number of sulfonamides is 1. The molecule has 3 heterocycles. The Bertz CT molecular complexity index is 1320. The van der Waals surface area contributed by atoms with E-state index < -0.39 is 27.4 Å². The van der Waals surface area contributed by atoms with Crippen LogP contribution in [0.3, 0.4) is 0 Å². The summed E-state index contributed by atoms with van der Waals surface area (Å²) in [5.41, 5.74) is 0.958. The molecule has 8 nitrogen and oxygen atoms in total. The number of benzene rings is 1. The summed E-state index contributed by atoms with van der Waals surface area (Å²) in [6, 6.07) is 6.00. The summed E-state index contributed by atoms with van der Waals surface area (Å²) in [6.07, 6.45) is 1.63. The predicted molar refractivity (Wildman–Crippen MR) is 150 cm³/mol. The van der Waals surface area contributed by atoms with Gasteiger partial charge >= 0.3 is 5.97 Å². The van der Waals surface area contributed by atoms with Gasteiger partial charge in [-0.3, -0.25) is 4.79 Å². The first kappa shape index (κ1) is 28.7. The van der Waals surface area contributed by atoms with Crippen LogP contribution >= 0.6 is 11.3 Å². The lowest BCUT2D eigenvalue weighted by molar-refractivity contribution is 0.0525. The maximum atomic E-state index is 13.3. The van der Waals surface area contributed by atoms with Gasteiger partial charge in [-0.25, -0.2) is 13.2 Å². The number of ether oxygens (including phenoxy) is 1. The van der Waals surface area contributed by atoms with Gasteiger partial charge in [0.25, 0.3) is 5.91 Å². The molecular weight excluding hydrogens is 522 g/mol. The number of piperidine rings is 1. The molecular formula is C28H39N3O5S2. The van der Waals surface area contributed by atoms with Crippen molar-refractivity contribution in [2.75, 3.05) is 25.0 Å². The van der Waals surface area contributed by atoms with Crippen molar-refractivity contribution >= 4 is 38.2 Å². The molecule has 4 rings (SSSR count). The van der Waals surface area contributed by atoms with Crippen molar-refractivity contribution in [2.24, 2.45) is 11.8 Å². The van der Waals surface area contributed by atoms with Gasteiger partial charge < -0.3 is 15.4 Å². The lowest BCUT2D eigenvalue weighted by atomic mass is 9.81. The van der Waals surface area contributed by atoms with Crippen molar-refractivity contribution in [1.29, 1.82) is 0 Å². The maximum Gasteiger partial charge on any atom is 0.341 e. The highest BCUT2D eigenvalue weighted by Crippen LogP contribution is 2.45. The molecule has 1 aromatic carbocycles. The molecule has 2 aromatic rings. The van der Waals surface area contributed by atoms with Gasteiger partial charge in [-0.15, -0.1) is 11.3 Å². The SMILES string of the molecule is CCOC(=O)c1c(NC(=O)c2ccc(S(=O)(=O)N3CC(C)CC(C)C3)cc2)sc2c1CC(C)(C)NC2(C)C. The molecule has 2 aliphatic rings. The van der Waals surface area contributed by atoms with Crippen molar-refractivity contribution in [1.82, 2.24) is 9.62 Å². The Hall–Kier alpha value is -2.27. The number of hydrogen-bond donors (Lipinski definition) is 2. The standard InChI is InChI=1S/C28H39N3O5S2/c1-8-36-26(33)22-21-14-27(4,5)30-28(6,7)23(21)37-25(22)29-24(32)19-9-11-20(12-10-19)38(34,35)31-15-17(2)13-18(3)16-31/h9-12,17-18,30H,8,13-16H2,1-7H3,(H,29,32). The first-order chi connectivity index (χ1) is 17.6. The summed E-state index contributed by atoms with van der Waals surface area (Å²) in [5.74, 6) is -0.271. The van der Waals surface area contributed by atoms with Gasteiger partial charge in [0.2, 0.25) is 10.0 Å². The van der Waals surface area contributed by atoms with Crippen LogP contribution in [0.4, 0.5) is 5.00 Å². The normalized spacial score (nSPS) is 22.9. The summed E-state index contributed by atoms with van der Waals surface area (Å²) in [7, 11) is -3.64. The maximum absolute atomic E-state index is 13.3. The van der Waals surface area contributed by atoms with E-state index >= 15 is 0 Å². The largest absolute Gasteiger partial charge is 0.462 e. The second-order valence-corrected chi connectivity index (χ2v) is 14.9. The van der Waals surface area contributed by atoms with E-state index in [2.05, 4.69) is 52.2 Å². The molecule has 0 spiro atoms. The smallest absolute Gasteiger partial charge is 0.341 e. The second kappa shape index (κ2) is 10.4. The predicted octanol–water partition coefficient (Wildman–Crippen LogP) is 5.00. The van der Waals surface area contributed by atoms with E-state index in [-0.39, 0.29) is 17.0 Å². The fourth-order valence-corrected chi connectivity index (χ4v) is 8.88. The molecule has 0 bridgehead atoms. The molecule has 2 aliphatic heterocycles. The number of hydrogen-bond acceptors (Lipinski definition) is 7. The van der Waals surface area contributed by atoms with Gasteiger partial charge in [-0.2, -0.15) is 4.31 Å². The second-order valence-electron chi connectivity index (χ2n) is 11.9. The average Bonchev–Trinajstić information content (AvgIpc) is 3.15. The Labute approximate surface area is 230 Å². The summed E-state index contributed by atoms with van der Waals surface area (Å²) in [6.45, 7) is 15.4. The zero-order valence-electron chi connectivity index (χ0n) is 23.3. The monoisotopic (exact) mass is 561 g/mol. The van der Waals surface area contributed by atoms with Crippen molar-refractivity contribution < 1.29 is 22.7 Å². The van der Waals surface area contributed by atoms with Gasteiger partial charge in [0.05, 0.1) is 17.1 Å². The zero-order chi connectivity index (χ0) is 28.0. The van der Waals surface area contributed by atoms with Crippen LogP contribution in [-0.4, -0.2) is 49.8 Å². The molecule has 38 heavy (non-hydrogen) atoms. The first-order valence-electron chi connectivity index (χ1n) is 13.2. The van der Waals surface area contributed by atoms with Crippen LogP contribution in [0.2, 0.25) is 0 Å². The van der Waals surface area contributed by atoms with E-state index in [4.69, 9.17) is 4.74 Å². The minimum absolute atomic E-state index is 0.171. The van der Waals surface area contributed by atoms with E-state index in [9.17, 15) is 18.0 Å². The molecule has 10 heteroatoms. The number of amides is 1. The quantitative estimate of drug-likeness (QED) is 0.481. The molecule has 2 unspecified atom stereocenters. The average molecular weight is 562 g/mol. The molecule has 1 aromatic heterocycles. The number of nitrogens with zero attached hydrogens (tertiary/aromatic N) is 1. The molecule has 1 amide bonds. The van der Waals surface area contributed by atoms with Gasteiger partial charge in [-0.1, -0.05) is 13.8 Å². The highest BCUT2D eigenvalue weighted by molar-refractivity contribution is 7.89. The van der Waals surface area contributed by atoms with E-state index in [1.54, 1.807) is 11.2 Å². The first-order valence-corrected chi connectivity index (χ1v) is 15.4. The topological polar surface area (TPSA) is 105 Å². The number of fused-ring (bicyclic) bond motifs is 1. The van der Waals surface area contributed by atoms with Crippen molar-refractivity contribution in [3.05, 3.63) is 45.8 Å². The highest BCUT2D eigenvalue weighted by Gasteiger charge is 2.42. The fraction of sp³-hybridized carbons (Fsp3) is 0.571. The number of thiophene rings is 1. The van der Waals surface area contributed by atoms with E-state index in [1.807, 2.05) is 0 Å².